The molecule has 0 saturated heterocycles. The summed E-state index contributed by atoms with van der Waals surface area (Å²) in [6.45, 7) is 4.20. The van der Waals surface area contributed by atoms with Crippen LogP contribution in [-0.4, -0.2) is 11.3 Å². The van der Waals surface area contributed by atoms with E-state index < -0.39 is 0 Å². The summed E-state index contributed by atoms with van der Waals surface area (Å²) in [4.78, 5) is 12.6. The van der Waals surface area contributed by atoms with Gasteiger partial charge < -0.3 is 5.32 Å². The average Bonchev–Trinajstić information content (AvgIpc) is 2.55. The average molecular weight is 337 g/mol. The Kier molecular flexibility index (Phi) is 4.17. The third kappa shape index (κ3) is 3.34. The minimum Gasteiger partial charge on any atom is -0.379 e. The molecular weight excluding hydrogens is 320 g/mol. The van der Waals surface area contributed by atoms with Crippen molar-refractivity contribution >= 4 is 23.1 Å². The molecule has 24 heavy (non-hydrogen) atoms. The molecule has 0 fully saturated rings. The number of ketones is 1. The first-order chi connectivity index (χ1) is 11.4. The van der Waals surface area contributed by atoms with E-state index in [1.807, 2.05) is 18.2 Å². The fourth-order valence-electron chi connectivity index (χ4n) is 2.94. The highest BCUT2D eigenvalue weighted by Crippen LogP contribution is 2.31. The van der Waals surface area contributed by atoms with Gasteiger partial charge >= 0.3 is 0 Å². The Bertz CT molecular complexity index is 874. The maximum Gasteiger partial charge on any atom is 0.187 e. The van der Waals surface area contributed by atoms with Crippen LogP contribution in [0.15, 0.2) is 48.5 Å². The largest absolute Gasteiger partial charge is 0.379 e. The van der Waals surface area contributed by atoms with Gasteiger partial charge in [0.1, 0.15) is 0 Å². The minimum absolute atomic E-state index is 0.106. The molecule has 0 spiro atoms. The molecule has 3 nitrogen and oxygen atoms in total. The van der Waals surface area contributed by atoms with E-state index in [4.69, 9.17) is 16.9 Å². The van der Waals surface area contributed by atoms with Crippen LogP contribution in [0, 0.1) is 11.3 Å². The number of fused-ring (bicyclic) bond motifs is 1. The molecular formula is C20H17ClN2O. The normalized spacial score (nSPS) is 16.8. The van der Waals surface area contributed by atoms with E-state index in [-0.39, 0.29) is 11.3 Å². The van der Waals surface area contributed by atoms with E-state index in [1.54, 1.807) is 30.3 Å². The van der Waals surface area contributed by atoms with Crippen molar-refractivity contribution in [3.8, 4) is 6.07 Å². The van der Waals surface area contributed by atoms with Crippen molar-refractivity contribution in [1.82, 2.24) is 5.32 Å². The summed E-state index contributed by atoms with van der Waals surface area (Å²) in [7, 11) is 0. The molecule has 2 aromatic carbocycles. The molecule has 1 N–H and O–H groups in total. The summed E-state index contributed by atoms with van der Waals surface area (Å²) >= 11 is 6.13. The number of rotatable bonds is 2. The molecule has 0 atom stereocenters. The number of allylic oxidation sites excluding steroid dienone is 1. The predicted molar refractivity (Wildman–Crippen MR) is 95.8 cm³/mol. The van der Waals surface area contributed by atoms with Crippen molar-refractivity contribution in [3.63, 3.8) is 0 Å². The molecule has 0 unspecified atom stereocenters. The lowest BCUT2D eigenvalue weighted by atomic mass is 9.85. The van der Waals surface area contributed by atoms with Crippen LogP contribution in [0.1, 0.15) is 40.9 Å². The van der Waals surface area contributed by atoms with Gasteiger partial charge in [-0.25, -0.2) is 0 Å². The maximum absolute atomic E-state index is 12.6. The summed E-state index contributed by atoms with van der Waals surface area (Å²) in [5.74, 6) is -0.106. The number of hydrogen-bond acceptors (Lipinski definition) is 3. The van der Waals surface area contributed by atoms with Gasteiger partial charge in [0, 0.05) is 33.5 Å². The molecule has 120 valence electrons. The van der Waals surface area contributed by atoms with Gasteiger partial charge in [-0.15, -0.1) is 0 Å². The third-order valence-electron chi connectivity index (χ3n) is 4.04. The first-order valence-electron chi connectivity index (χ1n) is 7.71. The Balaban J connectivity index is 2.00. The van der Waals surface area contributed by atoms with E-state index in [0.29, 0.717) is 16.1 Å². The predicted octanol–water partition coefficient (Wildman–Crippen LogP) is 4.36. The molecule has 0 bridgehead atoms. The van der Waals surface area contributed by atoms with Crippen molar-refractivity contribution in [1.29, 1.82) is 5.26 Å². The number of halogens is 1. The zero-order valence-electron chi connectivity index (χ0n) is 13.6. The molecule has 0 radical (unpaired) electrons. The summed E-state index contributed by atoms with van der Waals surface area (Å²) in [6, 6.07) is 14.5. The van der Waals surface area contributed by atoms with Gasteiger partial charge in [-0.05, 0) is 62.2 Å². The Morgan fingerprint density at radius 1 is 1.25 bits per heavy atom. The summed E-state index contributed by atoms with van der Waals surface area (Å²) in [5.41, 5.74) is 3.85. The zero-order chi connectivity index (χ0) is 17.3. The lowest BCUT2D eigenvalue weighted by molar-refractivity contribution is 0.104. The first-order valence-corrected chi connectivity index (χ1v) is 8.09. The second-order valence-electron chi connectivity index (χ2n) is 6.60. The quantitative estimate of drug-likeness (QED) is 0.655. The fraction of sp³-hybridized carbons (Fsp3) is 0.200. The van der Waals surface area contributed by atoms with Crippen LogP contribution < -0.4 is 5.32 Å². The molecule has 1 aliphatic heterocycles. The molecule has 2 aromatic rings. The van der Waals surface area contributed by atoms with Gasteiger partial charge in [-0.1, -0.05) is 17.7 Å². The second kappa shape index (κ2) is 6.14. The van der Waals surface area contributed by atoms with Crippen molar-refractivity contribution in [2.75, 3.05) is 0 Å². The van der Waals surface area contributed by atoms with Crippen LogP contribution in [0.25, 0.3) is 5.70 Å². The fourth-order valence-corrected chi connectivity index (χ4v) is 3.12. The Labute approximate surface area is 146 Å². The topological polar surface area (TPSA) is 52.9 Å². The SMILES string of the molecule is CC1(C)Cc2ccc(Cl)cc2/C(=C/C(=O)c2ccc(C#N)cc2)N1. The maximum atomic E-state index is 12.6. The highest BCUT2D eigenvalue weighted by Gasteiger charge is 2.28. The summed E-state index contributed by atoms with van der Waals surface area (Å²) in [6.07, 6.45) is 2.47. The van der Waals surface area contributed by atoms with Crippen LogP contribution in [0.5, 0.6) is 0 Å². The molecule has 4 heteroatoms. The van der Waals surface area contributed by atoms with E-state index in [9.17, 15) is 4.79 Å². The molecule has 0 saturated carbocycles. The highest BCUT2D eigenvalue weighted by atomic mass is 35.5. The van der Waals surface area contributed by atoms with Crippen molar-refractivity contribution < 1.29 is 4.79 Å². The van der Waals surface area contributed by atoms with Crippen molar-refractivity contribution in [2.45, 2.75) is 25.8 Å². The number of nitrogens with zero attached hydrogens (tertiary/aromatic N) is 1. The van der Waals surface area contributed by atoms with E-state index >= 15 is 0 Å². The summed E-state index contributed by atoms with van der Waals surface area (Å²) < 4.78 is 0. The number of carbonyl (C=O) groups is 1. The summed E-state index contributed by atoms with van der Waals surface area (Å²) in [5, 5.41) is 12.9. The number of benzene rings is 2. The van der Waals surface area contributed by atoms with Gasteiger partial charge in [-0.2, -0.15) is 5.26 Å². The molecule has 0 aliphatic carbocycles. The first kappa shape index (κ1) is 16.3. The van der Waals surface area contributed by atoms with Crippen LogP contribution in [-0.2, 0) is 6.42 Å². The van der Waals surface area contributed by atoms with Gasteiger partial charge in [-0.3, -0.25) is 4.79 Å². The monoisotopic (exact) mass is 336 g/mol. The molecule has 1 heterocycles. The number of nitrogens with one attached hydrogen (secondary N) is 1. The Hall–Kier alpha value is -2.57. The van der Waals surface area contributed by atoms with Crippen molar-refractivity contribution in [2.24, 2.45) is 0 Å². The van der Waals surface area contributed by atoms with E-state index in [0.717, 1.165) is 17.7 Å². The van der Waals surface area contributed by atoms with E-state index in [2.05, 4.69) is 25.2 Å². The zero-order valence-corrected chi connectivity index (χ0v) is 14.3. The Morgan fingerprint density at radius 2 is 1.96 bits per heavy atom. The smallest absolute Gasteiger partial charge is 0.187 e. The van der Waals surface area contributed by atoms with Crippen LogP contribution in [0.4, 0.5) is 0 Å². The standard InChI is InChI=1S/C20H17ClN2O/c1-20(2)11-15-7-8-16(21)9-17(15)18(23-20)10-19(24)14-5-3-13(12-22)4-6-14/h3-10,23H,11H2,1-2H3/b18-10-. The lowest BCUT2D eigenvalue weighted by Crippen LogP contribution is -2.43. The number of hydrogen-bond donors (Lipinski definition) is 1. The number of carbonyl (C=O) groups excluding carboxylic acids is 1. The van der Waals surface area contributed by atoms with Crippen LogP contribution in [0.3, 0.4) is 0 Å². The lowest BCUT2D eigenvalue weighted by Gasteiger charge is -2.35. The van der Waals surface area contributed by atoms with Gasteiger partial charge in [0.2, 0.25) is 0 Å². The van der Waals surface area contributed by atoms with Crippen LogP contribution >= 0.6 is 11.6 Å². The van der Waals surface area contributed by atoms with Crippen LogP contribution in [0.2, 0.25) is 5.02 Å². The molecule has 0 amide bonds. The molecule has 1 aliphatic rings. The van der Waals surface area contributed by atoms with E-state index in [1.165, 1.54) is 5.56 Å². The van der Waals surface area contributed by atoms with Gasteiger partial charge in [0.25, 0.3) is 0 Å². The Morgan fingerprint density at radius 3 is 2.62 bits per heavy atom. The molecule has 3 rings (SSSR count). The number of nitriles is 1. The highest BCUT2D eigenvalue weighted by molar-refractivity contribution is 6.30. The second-order valence-corrected chi connectivity index (χ2v) is 7.03. The molecule has 0 aromatic heterocycles. The van der Waals surface area contributed by atoms with Gasteiger partial charge in [0.15, 0.2) is 5.78 Å². The van der Waals surface area contributed by atoms with Gasteiger partial charge in [0.05, 0.1) is 11.6 Å². The third-order valence-corrected chi connectivity index (χ3v) is 4.28. The van der Waals surface area contributed by atoms with Crippen molar-refractivity contribution in [3.05, 3.63) is 75.8 Å². The minimum atomic E-state index is -0.141.